The molecular weight excluding hydrogens is 470 g/mol. The predicted octanol–water partition coefficient (Wildman–Crippen LogP) is 4.38. The maximum absolute atomic E-state index is 12.8. The van der Waals surface area contributed by atoms with Gasteiger partial charge >= 0.3 is 0 Å². The molecule has 0 atom stereocenters. The Bertz CT molecular complexity index is 1260. The van der Waals surface area contributed by atoms with Crippen molar-refractivity contribution in [3.63, 3.8) is 0 Å². The second-order valence-corrected chi connectivity index (χ2v) is 8.90. The van der Waals surface area contributed by atoms with E-state index in [2.05, 4.69) is 10.0 Å². The minimum absolute atomic E-state index is 0.0202. The lowest BCUT2D eigenvalue weighted by Crippen LogP contribution is -2.23. The van der Waals surface area contributed by atoms with E-state index in [-0.39, 0.29) is 27.7 Å². The first-order chi connectivity index (χ1) is 15.7. The van der Waals surface area contributed by atoms with E-state index < -0.39 is 20.9 Å². The Kier molecular flexibility index (Phi) is 7.52. The van der Waals surface area contributed by atoms with Gasteiger partial charge in [-0.15, -0.1) is 0 Å². The third kappa shape index (κ3) is 6.21. The summed E-state index contributed by atoms with van der Waals surface area (Å²) in [5, 5.41) is 13.4. The Hall–Kier alpha value is -3.63. The number of nitro groups is 1. The van der Waals surface area contributed by atoms with Gasteiger partial charge < -0.3 is 10.1 Å². The van der Waals surface area contributed by atoms with Gasteiger partial charge in [0.25, 0.3) is 21.6 Å². The monoisotopic (exact) mass is 489 g/mol. The summed E-state index contributed by atoms with van der Waals surface area (Å²) < 4.78 is 33.4. The van der Waals surface area contributed by atoms with Gasteiger partial charge in [0.2, 0.25) is 0 Å². The summed E-state index contributed by atoms with van der Waals surface area (Å²) in [5.41, 5.74) is 0.878. The number of nitrogens with one attached hydrogen (secondary N) is 2. The minimum atomic E-state index is -3.98. The lowest BCUT2D eigenvalue weighted by Gasteiger charge is -2.12. The van der Waals surface area contributed by atoms with Gasteiger partial charge in [-0.2, -0.15) is 0 Å². The van der Waals surface area contributed by atoms with E-state index in [4.69, 9.17) is 16.3 Å². The van der Waals surface area contributed by atoms with E-state index in [1.54, 1.807) is 24.3 Å². The summed E-state index contributed by atoms with van der Waals surface area (Å²) >= 11 is 6.12. The smallest absolute Gasteiger partial charge is 0.269 e. The summed E-state index contributed by atoms with van der Waals surface area (Å²) in [4.78, 5) is 22.7. The molecule has 2 N–H and O–H groups in total. The Labute approximate surface area is 195 Å². The number of ether oxygens (including phenoxy) is 1. The molecule has 3 aromatic rings. The Morgan fingerprint density at radius 2 is 1.73 bits per heavy atom. The van der Waals surface area contributed by atoms with Crippen LogP contribution in [0.25, 0.3) is 0 Å². The van der Waals surface area contributed by atoms with Crippen molar-refractivity contribution in [2.24, 2.45) is 0 Å². The number of hydrogen-bond acceptors (Lipinski definition) is 6. The molecule has 0 unspecified atom stereocenters. The molecule has 0 radical (unpaired) electrons. The molecule has 11 heteroatoms. The van der Waals surface area contributed by atoms with Crippen LogP contribution >= 0.6 is 11.6 Å². The van der Waals surface area contributed by atoms with Gasteiger partial charge in [-0.3, -0.25) is 19.6 Å². The number of carbonyl (C=O) groups is 1. The van der Waals surface area contributed by atoms with E-state index in [9.17, 15) is 23.3 Å². The maximum Gasteiger partial charge on any atom is 0.269 e. The molecule has 0 bridgehead atoms. The average molecular weight is 490 g/mol. The molecule has 0 fully saturated rings. The second-order valence-electron chi connectivity index (χ2n) is 6.81. The van der Waals surface area contributed by atoms with E-state index >= 15 is 0 Å². The molecule has 1 amide bonds. The summed E-state index contributed by atoms with van der Waals surface area (Å²) in [7, 11) is -3.98. The van der Waals surface area contributed by atoms with Gasteiger partial charge in [-0.1, -0.05) is 23.7 Å². The van der Waals surface area contributed by atoms with Crippen LogP contribution in [-0.4, -0.2) is 25.9 Å². The number of sulfonamides is 1. The van der Waals surface area contributed by atoms with Gasteiger partial charge in [0.1, 0.15) is 5.75 Å². The predicted molar refractivity (Wildman–Crippen MR) is 124 cm³/mol. The largest absolute Gasteiger partial charge is 0.494 e. The van der Waals surface area contributed by atoms with Crippen molar-refractivity contribution in [1.82, 2.24) is 5.32 Å². The Morgan fingerprint density at radius 1 is 1.06 bits per heavy atom. The highest BCUT2D eigenvalue weighted by Crippen LogP contribution is 2.24. The number of amides is 1. The number of carbonyl (C=O) groups excluding carboxylic acids is 1. The van der Waals surface area contributed by atoms with Crippen LogP contribution < -0.4 is 14.8 Å². The standard InChI is InChI=1S/C22H20ClN3O6S/c1-2-32-18-9-5-16(6-10-18)25-33(30,31)19-11-12-21(23)20(13-19)22(27)24-14-15-3-7-17(8-4-15)26(28)29/h3-13,25H,2,14H2,1H3,(H,24,27). The number of halogens is 1. The van der Waals surface area contributed by atoms with Crippen LogP contribution in [0.2, 0.25) is 5.02 Å². The molecule has 33 heavy (non-hydrogen) atoms. The third-order valence-electron chi connectivity index (χ3n) is 4.51. The zero-order chi connectivity index (χ0) is 24.0. The van der Waals surface area contributed by atoms with Gasteiger partial charge in [0.15, 0.2) is 0 Å². The number of non-ortho nitro benzene ring substituents is 1. The van der Waals surface area contributed by atoms with Crippen molar-refractivity contribution < 1.29 is 22.9 Å². The zero-order valence-corrected chi connectivity index (χ0v) is 19.0. The first-order valence-corrected chi connectivity index (χ1v) is 11.6. The molecule has 0 saturated heterocycles. The van der Waals surface area contributed by atoms with Crippen molar-refractivity contribution in [3.8, 4) is 5.75 Å². The summed E-state index contributed by atoms with van der Waals surface area (Å²) in [6.45, 7) is 2.41. The van der Waals surface area contributed by atoms with Crippen LogP contribution in [0.1, 0.15) is 22.8 Å². The molecule has 0 heterocycles. The van der Waals surface area contributed by atoms with Crippen LogP contribution in [0, 0.1) is 10.1 Å². The van der Waals surface area contributed by atoms with Crippen LogP contribution in [0.5, 0.6) is 5.75 Å². The van der Waals surface area contributed by atoms with E-state index in [1.807, 2.05) is 6.92 Å². The second kappa shape index (κ2) is 10.3. The molecule has 9 nitrogen and oxygen atoms in total. The molecule has 0 aromatic heterocycles. The number of nitro benzene ring substituents is 1. The first-order valence-electron chi connectivity index (χ1n) is 9.76. The van der Waals surface area contributed by atoms with Crippen molar-refractivity contribution >= 4 is 38.9 Å². The molecule has 0 spiro atoms. The van der Waals surface area contributed by atoms with Crippen LogP contribution in [0.3, 0.4) is 0 Å². The van der Waals surface area contributed by atoms with Gasteiger partial charge in [-0.05, 0) is 55.0 Å². The van der Waals surface area contributed by atoms with E-state index in [0.29, 0.717) is 23.6 Å². The maximum atomic E-state index is 12.8. The number of benzene rings is 3. The highest BCUT2D eigenvalue weighted by molar-refractivity contribution is 7.92. The van der Waals surface area contributed by atoms with E-state index in [1.165, 1.54) is 42.5 Å². The van der Waals surface area contributed by atoms with Crippen molar-refractivity contribution in [2.75, 3.05) is 11.3 Å². The fourth-order valence-electron chi connectivity index (χ4n) is 2.86. The normalized spacial score (nSPS) is 11.0. The molecule has 0 aliphatic carbocycles. The third-order valence-corrected chi connectivity index (χ3v) is 6.22. The van der Waals surface area contributed by atoms with Crippen molar-refractivity contribution in [3.05, 3.63) is 93.0 Å². The van der Waals surface area contributed by atoms with E-state index in [0.717, 1.165) is 0 Å². The van der Waals surface area contributed by atoms with Crippen molar-refractivity contribution in [1.29, 1.82) is 0 Å². The topological polar surface area (TPSA) is 128 Å². The number of nitrogens with zero attached hydrogens (tertiary/aromatic N) is 1. The quantitative estimate of drug-likeness (QED) is 0.339. The molecule has 3 rings (SSSR count). The van der Waals surface area contributed by atoms with Gasteiger partial charge in [-0.25, -0.2) is 8.42 Å². The minimum Gasteiger partial charge on any atom is -0.494 e. The number of anilines is 1. The Morgan fingerprint density at radius 3 is 2.33 bits per heavy atom. The fraction of sp³-hybridized carbons (Fsp3) is 0.136. The molecule has 172 valence electrons. The van der Waals surface area contributed by atoms with Crippen LogP contribution in [0.15, 0.2) is 71.6 Å². The lowest BCUT2D eigenvalue weighted by atomic mass is 10.2. The van der Waals surface area contributed by atoms with Crippen LogP contribution in [0.4, 0.5) is 11.4 Å². The highest BCUT2D eigenvalue weighted by Gasteiger charge is 2.19. The SMILES string of the molecule is CCOc1ccc(NS(=O)(=O)c2ccc(Cl)c(C(=O)NCc3ccc([N+](=O)[O-])cc3)c2)cc1. The summed E-state index contributed by atoms with van der Waals surface area (Å²) in [6.07, 6.45) is 0. The molecule has 0 aliphatic heterocycles. The Balaban J connectivity index is 1.73. The van der Waals surface area contributed by atoms with Crippen LogP contribution in [-0.2, 0) is 16.6 Å². The molecule has 0 aliphatic rings. The fourth-order valence-corrected chi connectivity index (χ4v) is 4.15. The molecular formula is C22H20ClN3O6S. The lowest BCUT2D eigenvalue weighted by molar-refractivity contribution is -0.384. The highest BCUT2D eigenvalue weighted by atomic mass is 35.5. The molecule has 0 saturated carbocycles. The van der Waals surface area contributed by atoms with Gasteiger partial charge in [0.05, 0.1) is 27.0 Å². The molecule has 3 aromatic carbocycles. The first kappa shape index (κ1) is 24.0. The summed E-state index contributed by atoms with van der Waals surface area (Å²) in [5.74, 6) is 0.0235. The number of hydrogen-bond donors (Lipinski definition) is 2. The zero-order valence-electron chi connectivity index (χ0n) is 17.4. The average Bonchev–Trinajstić information content (AvgIpc) is 2.79. The summed E-state index contributed by atoms with van der Waals surface area (Å²) in [6, 6.07) is 15.9. The number of rotatable bonds is 9. The van der Waals surface area contributed by atoms with Crippen molar-refractivity contribution in [2.45, 2.75) is 18.4 Å². The van der Waals surface area contributed by atoms with Gasteiger partial charge in [0, 0.05) is 24.4 Å².